The second-order valence-corrected chi connectivity index (χ2v) is 8.98. The van der Waals surface area contributed by atoms with Gasteiger partial charge in [-0.05, 0) is 73.4 Å². The Bertz CT molecular complexity index is 1610. The Hall–Kier alpha value is -3.88. The van der Waals surface area contributed by atoms with Gasteiger partial charge in [-0.2, -0.15) is 0 Å². The van der Waals surface area contributed by atoms with Crippen molar-refractivity contribution in [3.05, 3.63) is 97.1 Å². The van der Waals surface area contributed by atoms with Crippen LogP contribution in [0.15, 0.2) is 74.8 Å². The molecule has 0 aromatic heterocycles. The van der Waals surface area contributed by atoms with Gasteiger partial charge in [-0.1, -0.05) is 74.8 Å². The van der Waals surface area contributed by atoms with E-state index in [-0.39, 0.29) is 0 Å². The maximum atomic E-state index is 4.50. The Morgan fingerprint density at radius 2 is 0.879 bits per heavy atom. The van der Waals surface area contributed by atoms with Crippen molar-refractivity contribution in [2.75, 3.05) is 14.1 Å². The van der Waals surface area contributed by atoms with Crippen LogP contribution in [-0.4, -0.2) is 19.0 Å². The first-order chi connectivity index (χ1) is 16.0. The zero-order chi connectivity index (χ0) is 23.2. The van der Waals surface area contributed by atoms with Crippen LogP contribution in [0.25, 0.3) is 65.6 Å². The van der Waals surface area contributed by atoms with E-state index in [9.17, 15) is 0 Å². The van der Waals surface area contributed by atoms with E-state index < -0.39 is 0 Å². The fourth-order valence-corrected chi connectivity index (χ4v) is 5.93. The van der Waals surface area contributed by atoms with Gasteiger partial charge in [-0.25, -0.2) is 0 Å². The second-order valence-electron chi connectivity index (χ2n) is 8.98. The number of nitrogens with two attached hydrogens (primary N) is 1. The van der Waals surface area contributed by atoms with Gasteiger partial charge in [0.2, 0.25) is 0 Å². The smallest absolute Gasteiger partial charge is 0.0415 e. The highest BCUT2D eigenvalue weighted by Crippen LogP contribution is 2.50. The van der Waals surface area contributed by atoms with Crippen molar-refractivity contribution in [1.82, 2.24) is 4.90 Å². The monoisotopic (exact) mass is 426 g/mol. The third-order valence-electron chi connectivity index (χ3n) is 7.52. The highest BCUT2D eigenvalue weighted by molar-refractivity contribution is 6.36. The third-order valence-corrected chi connectivity index (χ3v) is 7.52. The molecule has 33 heavy (non-hydrogen) atoms. The second kappa shape index (κ2) is 6.57. The van der Waals surface area contributed by atoms with Gasteiger partial charge in [-0.3, -0.25) is 0 Å². The normalized spacial score (nSPS) is 15.2. The lowest BCUT2D eigenvalue weighted by Crippen LogP contribution is -2.18. The van der Waals surface area contributed by atoms with Crippen LogP contribution in [0.3, 0.4) is 0 Å². The van der Waals surface area contributed by atoms with Crippen LogP contribution < -0.4 is 5.73 Å². The van der Waals surface area contributed by atoms with Crippen molar-refractivity contribution in [3.8, 4) is 0 Å². The van der Waals surface area contributed by atoms with Crippen LogP contribution in [-0.2, 0) is 0 Å². The zero-order valence-electron chi connectivity index (χ0n) is 19.2. The number of benzene rings is 5. The number of allylic oxidation sites excluding steroid dienone is 2. The molecule has 0 atom stereocenters. The van der Waals surface area contributed by atoms with E-state index in [1.165, 1.54) is 72.4 Å². The van der Waals surface area contributed by atoms with Crippen LogP contribution in [0.2, 0.25) is 0 Å². The van der Waals surface area contributed by atoms with E-state index in [1.54, 1.807) is 0 Å². The van der Waals surface area contributed by atoms with Gasteiger partial charge >= 0.3 is 0 Å². The average molecular weight is 427 g/mol. The van der Waals surface area contributed by atoms with Gasteiger partial charge < -0.3 is 10.6 Å². The van der Waals surface area contributed by atoms with E-state index >= 15 is 0 Å². The highest BCUT2D eigenvalue weighted by atomic mass is 15.1. The standard InChI is InChI=1S/C30H21N.CH5N/c1-15-14-16(2)20-7-11-24-26-13-9-22-18(4)31(5)17(3)21-8-12-25(30(26)28(21)22)23-10-6-19(15)27(20)29(23)24;1-2/h6-13H,1-4,14H2,5H3;2H2,1H3. The van der Waals surface area contributed by atoms with Crippen molar-refractivity contribution >= 4 is 65.6 Å². The van der Waals surface area contributed by atoms with Crippen molar-refractivity contribution in [3.63, 3.8) is 0 Å². The summed E-state index contributed by atoms with van der Waals surface area (Å²) in [4.78, 5) is 2.10. The summed E-state index contributed by atoms with van der Waals surface area (Å²) < 4.78 is 0. The molecule has 0 bridgehead atoms. The van der Waals surface area contributed by atoms with Gasteiger partial charge in [0.05, 0.1) is 0 Å². The SMILES string of the molecule is C=C1CC(=C)c2ccc3c4ccc5c6c(ccc(c7ccc1c2c73)c64)C(=C)N(C)C5=C.CN. The van der Waals surface area contributed by atoms with Gasteiger partial charge in [0.1, 0.15) is 0 Å². The maximum absolute atomic E-state index is 4.50. The molecule has 0 saturated heterocycles. The average Bonchev–Trinajstić information content (AvgIpc) is 2.84. The summed E-state index contributed by atoms with van der Waals surface area (Å²) >= 11 is 0. The van der Waals surface area contributed by atoms with E-state index in [4.69, 9.17) is 0 Å². The first-order valence-electron chi connectivity index (χ1n) is 11.2. The molecule has 0 saturated carbocycles. The fraction of sp³-hybridized carbons (Fsp3) is 0.0968. The summed E-state index contributed by atoms with van der Waals surface area (Å²) in [6.45, 7) is 17.4. The molecule has 7 rings (SSSR count). The molecule has 0 amide bonds. The number of hydrogen-bond donors (Lipinski definition) is 1. The first-order valence-corrected chi connectivity index (χ1v) is 11.2. The highest BCUT2D eigenvalue weighted by Gasteiger charge is 2.27. The van der Waals surface area contributed by atoms with Crippen LogP contribution >= 0.6 is 0 Å². The topological polar surface area (TPSA) is 29.3 Å². The van der Waals surface area contributed by atoms with Crippen LogP contribution in [0.1, 0.15) is 28.7 Å². The molecule has 2 N–H and O–H groups in total. The molecule has 5 aromatic rings. The molecule has 0 spiro atoms. The number of rotatable bonds is 0. The quantitative estimate of drug-likeness (QED) is 0.204. The molecule has 1 heterocycles. The van der Waals surface area contributed by atoms with Crippen LogP contribution in [0.5, 0.6) is 0 Å². The molecule has 2 heteroatoms. The van der Waals surface area contributed by atoms with Gasteiger partial charge in [0, 0.05) is 35.0 Å². The predicted octanol–water partition coefficient (Wildman–Crippen LogP) is 7.63. The molecule has 2 nitrogen and oxygen atoms in total. The Balaban J connectivity index is 0.00000101. The van der Waals surface area contributed by atoms with E-state index in [2.05, 4.69) is 85.5 Å². The summed E-state index contributed by atoms with van der Waals surface area (Å²) in [6, 6.07) is 18.1. The van der Waals surface area contributed by atoms with Crippen molar-refractivity contribution in [2.24, 2.45) is 5.73 Å². The largest absolute Gasteiger partial charge is 0.345 e. The summed E-state index contributed by atoms with van der Waals surface area (Å²) in [5.41, 5.74) is 13.7. The molecule has 2 aliphatic rings. The van der Waals surface area contributed by atoms with E-state index in [0.717, 1.165) is 29.0 Å². The van der Waals surface area contributed by atoms with Crippen molar-refractivity contribution in [2.45, 2.75) is 6.42 Å². The predicted molar refractivity (Wildman–Crippen MR) is 146 cm³/mol. The summed E-state index contributed by atoms with van der Waals surface area (Å²) in [5, 5.41) is 10.4. The third kappa shape index (κ3) is 2.26. The number of nitrogens with zero attached hydrogens (tertiary/aromatic N) is 1. The van der Waals surface area contributed by atoms with E-state index in [1.807, 2.05) is 7.05 Å². The van der Waals surface area contributed by atoms with Gasteiger partial charge in [0.15, 0.2) is 0 Å². The molecule has 0 unspecified atom stereocenters. The minimum atomic E-state index is 0.845. The Morgan fingerprint density at radius 1 is 0.545 bits per heavy atom. The lowest BCUT2D eigenvalue weighted by atomic mass is 9.78. The molecular formula is C31H26N2. The lowest BCUT2D eigenvalue weighted by Gasteiger charge is -2.32. The maximum Gasteiger partial charge on any atom is 0.0415 e. The fourth-order valence-electron chi connectivity index (χ4n) is 5.93. The van der Waals surface area contributed by atoms with Crippen molar-refractivity contribution in [1.29, 1.82) is 0 Å². The molecule has 1 aliphatic carbocycles. The summed E-state index contributed by atoms with van der Waals surface area (Å²) in [7, 11) is 3.55. The lowest BCUT2D eigenvalue weighted by molar-refractivity contribution is 0.685. The van der Waals surface area contributed by atoms with Gasteiger partial charge in [0.25, 0.3) is 0 Å². The Morgan fingerprint density at radius 3 is 1.27 bits per heavy atom. The molecule has 0 radical (unpaired) electrons. The number of fused-ring (bicyclic) bond motifs is 2. The van der Waals surface area contributed by atoms with Crippen LogP contribution in [0.4, 0.5) is 0 Å². The number of hydrogen-bond acceptors (Lipinski definition) is 2. The van der Waals surface area contributed by atoms with Crippen molar-refractivity contribution < 1.29 is 0 Å². The first kappa shape index (κ1) is 19.8. The molecule has 1 aliphatic heterocycles. The molecule has 5 aromatic carbocycles. The minimum absolute atomic E-state index is 0.845. The summed E-state index contributed by atoms with van der Waals surface area (Å²) in [6.07, 6.45) is 0.845. The Kier molecular flexibility index (Phi) is 3.94. The van der Waals surface area contributed by atoms with Crippen LogP contribution in [0, 0.1) is 0 Å². The van der Waals surface area contributed by atoms with Gasteiger partial charge in [-0.15, -0.1) is 0 Å². The Labute approximate surface area is 193 Å². The zero-order valence-corrected chi connectivity index (χ0v) is 19.2. The molecule has 0 fully saturated rings. The molecular weight excluding hydrogens is 400 g/mol. The minimum Gasteiger partial charge on any atom is -0.345 e. The molecule has 160 valence electrons. The van der Waals surface area contributed by atoms with E-state index in [0.29, 0.717) is 0 Å². The summed E-state index contributed by atoms with van der Waals surface area (Å²) in [5.74, 6) is 0.